The molecule has 0 aromatic heterocycles. The molecular weight excluding hydrogens is 218 g/mol. The van der Waals surface area contributed by atoms with Gasteiger partial charge in [-0.1, -0.05) is 0 Å². The molecule has 15 heavy (non-hydrogen) atoms. The van der Waals surface area contributed by atoms with Crippen molar-refractivity contribution in [1.82, 2.24) is 5.32 Å². The number of nitrogens with one attached hydrogen (secondary N) is 1. The van der Waals surface area contributed by atoms with Crippen LogP contribution in [-0.4, -0.2) is 45.1 Å². The number of methoxy groups -OCH3 is 1. The Morgan fingerprint density at radius 1 is 1.60 bits per heavy atom. The molecule has 0 spiro atoms. The molecule has 0 bridgehead atoms. The molecule has 6 heteroatoms. The quantitative estimate of drug-likeness (QED) is 0.727. The maximum absolute atomic E-state index is 11.4. The zero-order valence-corrected chi connectivity index (χ0v) is 9.84. The maximum atomic E-state index is 11.4. The van der Waals surface area contributed by atoms with Crippen LogP contribution in [0.4, 0.5) is 0 Å². The monoisotopic (exact) mass is 235 g/mol. The first kappa shape index (κ1) is 12.4. The smallest absolute Gasteiger partial charge is 0.248 e. The zero-order valence-electron chi connectivity index (χ0n) is 9.02. The van der Waals surface area contributed by atoms with E-state index in [2.05, 4.69) is 5.32 Å². The summed E-state index contributed by atoms with van der Waals surface area (Å²) in [5, 5.41) is 2.18. The lowest BCUT2D eigenvalue weighted by atomic mass is 10.2. The lowest BCUT2D eigenvalue weighted by Crippen LogP contribution is -2.39. The molecule has 0 aromatic rings. The summed E-state index contributed by atoms with van der Waals surface area (Å²) in [6.45, 7) is 1.83. The Bertz CT molecular complexity index is 325. The summed E-state index contributed by atoms with van der Waals surface area (Å²) in [6, 6.07) is 0. The normalized spacial score (nSPS) is 26.1. The second-order valence-corrected chi connectivity index (χ2v) is 6.15. The Hall–Kier alpha value is -0.620. The van der Waals surface area contributed by atoms with Gasteiger partial charge < -0.3 is 10.1 Å². The van der Waals surface area contributed by atoms with Gasteiger partial charge in [0.05, 0.1) is 11.0 Å². The predicted molar refractivity (Wildman–Crippen MR) is 56.3 cm³/mol. The highest BCUT2D eigenvalue weighted by molar-refractivity contribution is 7.92. The van der Waals surface area contributed by atoms with Gasteiger partial charge in [0.1, 0.15) is 6.10 Å². The first-order valence-electron chi connectivity index (χ1n) is 4.99. The van der Waals surface area contributed by atoms with E-state index in [1.54, 1.807) is 6.92 Å². The molecule has 1 heterocycles. The number of carbonyl (C=O) groups is 1. The Morgan fingerprint density at radius 3 is 2.73 bits per heavy atom. The molecule has 5 nitrogen and oxygen atoms in total. The number of amides is 1. The van der Waals surface area contributed by atoms with Crippen LogP contribution in [0.1, 0.15) is 19.8 Å². The van der Waals surface area contributed by atoms with E-state index >= 15 is 0 Å². The van der Waals surface area contributed by atoms with E-state index in [4.69, 9.17) is 4.74 Å². The van der Waals surface area contributed by atoms with Crippen molar-refractivity contribution in [3.05, 3.63) is 0 Å². The topological polar surface area (TPSA) is 72.5 Å². The minimum atomic E-state index is -2.97. The molecule has 1 saturated heterocycles. The van der Waals surface area contributed by atoms with Gasteiger partial charge >= 0.3 is 0 Å². The van der Waals surface area contributed by atoms with Crippen LogP contribution in [-0.2, 0) is 19.4 Å². The summed E-state index contributed by atoms with van der Waals surface area (Å²) < 4.78 is 27.7. The lowest BCUT2D eigenvalue weighted by Gasteiger charge is -2.13. The van der Waals surface area contributed by atoms with Crippen molar-refractivity contribution in [1.29, 1.82) is 0 Å². The van der Waals surface area contributed by atoms with E-state index in [9.17, 15) is 13.2 Å². The van der Waals surface area contributed by atoms with Crippen LogP contribution < -0.4 is 5.32 Å². The Balaban J connectivity index is 2.41. The summed E-state index contributed by atoms with van der Waals surface area (Å²) in [5.74, 6) is -0.0208. The second-order valence-electron chi connectivity index (χ2n) is 3.75. The summed E-state index contributed by atoms with van der Waals surface area (Å²) in [7, 11) is -1.53. The van der Waals surface area contributed by atoms with Gasteiger partial charge in [0.2, 0.25) is 5.91 Å². The van der Waals surface area contributed by atoms with Gasteiger partial charge in [0, 0.05) is 13.7 Å². The molecule has 2 atom stereocenters. The van der Waals surface area contributed by atoms with Crippen molar-refractivity contribution < 1.29 is 17.9 Å². The van der Waals surface area contributed by atoms with Crippen molar-refractivity contribution in [3.8, 4) is 0 Å². The van der Waals surface area contributed by atoms with Crippen molar-refractivity contribution in [2.45, 2.75) is 31.1 Å². The summed E-state index contributed by atoms with van der Waals surface area (Å²) in [5.41, 5.74) is 0. The van der Waals surface area contributed by atoms with Crippen LogP contribution >= 0.6 is 0 Å². The molecule has 1 amide bonds. The summed E-state index contributed by atoms with van der Waals surface area (Å²) in [6.07, 6.45) is 0.807. The van der Waals surface area contributed by atoms with Crippen LogP contribution in [0, 0.1) is 0 Å². The number of carbonyl (C=O) groups excluding carboxylic acids is 1. The second kappa shape index (κ2) is 4.94. The highest BCUT2D eigenvalue weighted by Gasteiger charge is 2.31. The van der Waals surface area contributed by atoms with Crippen LogP contribution in [0.2, 0.25) is 0 Å². The third kappa shape index (κ3) is 3.17. The van der Waals surface area contributed by atoms with Crippen molar-refractivity contribution in [2.75, 3.05) is 19.4 Å². The highest BCUT2D eigenvalue weighted by Crippen LogP contribution is 2.18. The Kier molecular flexibility index (Phi) is 4.10. The van der Waals surface area contributed by atoms with E-state index < -0.39 is 21.2 Å². The van der Waals surface area contributed by atoms with E-state index in [1.165, 1.54) is 7.11 Å². The number of ether oxygens (including phenoxy) is 1. The molecule has 0 aliphatic carbocycles. The maximum Gasteiger partial charge on any atom is 0.248 e. The van der Waals surface area contributed by atoms with Crippen molar-refractivity contribution in [2.24, 2.45) is 0 Å². The Morgan fingerprint density at radius 2 is 2.27 bits per heavy atom. The number of sulfone groups is 1. The van der Waals surface area contributed by atoms with E-state index in [1.807, 2.05) is 0 Å². The molecule has 2 unspecified atom stereocenters. The molecule has 1 aliphatic heterocycles. The number of hydrogen-bond donors (Lipinski definition) is 1. The van der Waals surface area contributed by atoms with E-state index in [0.29, 0.717) is 12.8 Å². The lowest BCUT2D eigenvalue weighted by molar-refractivity contribution is -0.130. The Labute approximate surface area is 90.1 Å². The molecule has 88 valence electrons. The molecule has 1 N–H and O–H groups in total. The van der Waals surface area contributed by atoms with Gasteiger partial charge in [0.15, 0.2) is 9.84 Å². The predicted octanol–water partition coefficient (Wildman–Crippen LogP) is -0.285. The van der Waals surface area contributed by atoms with Crippen LogP contribution in [0.5, 0.6) is 0 Å². The fourth-order valence-corrected chi connectivity index (χ4v) is 3.32. The first-order chi connectivity index (χ1) is 6.97. The fraction of sp³-hybridized carbons (Fsp3) is 0.889. The molecule has 0 radical (unpaired) electrons. The third-order valence-electron chi connectivity index (χ3n) is 2.69. The van der Waals surface area contributed by atoms with Crippen LogP contribution in [0.15, 0.2) is 0 Å². The molecule has 0 aromatic carbocycles. The van der Waals surface area contributed by atoms with Gasteiger partial charge in [-0.2, -0.15) is 0 Å². The van der Waals surface area contributed by atoms with E-state index in [-0.39, 0.29) is 18.2 Å². The highest BCUT2D eigenvalue weighted by atomic mass is 32.2. The fourth-order valence-electron chi connectivity index (χ4n) is 1.55. The average molecular weight is 235 g/mol. The minimum absolute atomic E-state index is 0.203. The number of hydrogen-bond acceptors (Lipinski definition) is 4. The molecule has 0 saturated carbocycles. The third-order valence-corrected chi connectivity index (χ3v) is 4.97. The van der Waals surface area contributed by atoms with Gasteiger partial charge in [-0.25, -0.2) is 8.42 Å². The van der Waals surface area contributed by atoms with Crippen molar-refractivity contribution >= 4 is 15.7 Å². The van der Waals surface area contributed by atoms with Gasteiger partial charge in [-0.05, 0) is 19.8 Å². The largest absolute Gasteiger partial charge is 0.372 e. The standard InChI is InChI=1S/C9H17NO4S/c1-7(14-2)9(11)10-6-8-4-3-5-15(8,12)13/h7-8H,3-6H2,1-2H3,(H,10,11). The van der Waals surface area contributed by atoms with E-state index in [0.717, 1.165) is 0 Å². The average Bonchev–Trinajstić information content (AvgIpc) is 2.53. The van der Waals surface area contributed by atoms with Crippen molar-refractivity contribution in [3.63, 3.8) is 0 Å². The minimum Gasteiger partial charge on any atom is -0.372 e. The molecule has 1 rings (SSSR count). The van der Waals surface area contributed by atoms with Crippen LogP contribution in [0.25, 0.3) is 0 Å². The van der Waals surface area contributed by atoms with Gasteiger partial charge in [-0.3, -0.25) is 4.79 Å². The number of rotatable bonds is 4. The molecular formula is C9H17NO4S. The molecule has 1 fully saturated rings. The van der Waals surface area contributed by atoms with Crippen LogP contribution in [0.3, 0.4) is 0 Å². The summed E-state index contributed by atoms with van der Waals surface area (Å²) in [4.78, 5) is 11.3. The summed E-state index contributed by atoms with van der Waals surface area (Å²) >= 11 is 0. The zero-order chi connectivity index (χ0) is 11.5. The SMILES string of the molecule is COC(C)C(=O)NCC1CCCS1(=O)=O. The molecule has 1 aliphatic rings. The first-order valence-corrected chi connectivity index (χ1v) is 6.71. The van der Waals surface area contributed by atoms with Gasteiger partial charge in [0.25, 0.3) is 0 Å². The van der Waals surface area contributed by atoms with Gasteiger partial charge in [-0.15, -0.1) is 0 Å².